The van der Waals surface area contributed by atoms with Crippen molar-refractivity contribution < 1.29 is 4.79 Å². The smallest absolute Gasteiger partial charge is 0.254 e. The van der Waals surface area contributed by atoms with Crippen LogP contribution in [0.3, 0.4) is 0 Å². The number of nitrogens with zero attached hydrogens (tertiary/aromatic N) is 2. The summed E-state index contributed by atoms with van der Waals surface area (Å²) in [6.07, 6.45) is 2.97. The number of carbonyl (C=O) groups is 1. The number of rotatable bonds is 7. The molecular weight excluding hydrogens is 250 g/mol. The third-order valence-electron chi connectivity index (χ3n) is 3.81. The first-order valence-electron chi connectivity index (χ1n) is 7.61. The first-order chi connectivity index (χ1) is 9.55. The summed E-state index contributed by atoms with van der Waals surface area (Å²) in [5.74, 6) is 1.04. The fourth-order valence-corrected chi connectivity index (χ4v) is 2.31. The van der Waals surface area contributed by atoms with E-state index in [1.165, 1.54) is 0 Å². The number of carbonyl (C=O) groups excluding carboxylic acids is 1. The largest absolute Gasteiger partial charge is 0.384 e. The quantitative estimate of drug-likeness (QED) is 0.833. The molecule has 4 nitrogen and oxygen atoms in total. The van der Waals surface area contributed by atoms with Gasteiger partial charge in [-0.15, -0.1) is 0 Å². The predicted octanol–water partition coefficient (Wildman–Crippen LogP) is 3.12. The van der Waals surface area contributed by atoms with E-state index in [0.717, 1.165) is 38.0 Å². The van der Waals surface area contributed by atoms with Crippen LogP contribution in [0.4, 0.5) is 5.82 Å². The predicted molar refractivity (Wildman–Crippen MR) is 83.7 cm³/mol. The molecule has 0 unspecified atom stereocenters. The van der Waals surface area contributed by atoms with Crippen molar-refractivity contribution in [3.8, 4) is 0 Å². The summed E-state index contributed by atoms with van der Waals surface area (Å²) in [4.78, 5) is 18.7. The Morgan fingerprint density at radius 1 is 1.25 bits per heavy atom. The van der Waals surface area contributed by atoms with Gasteiger partial charge in [-0.1, -0.05) is 33.6 Å². The third-order valence-corrected chi connectivity index (χ3v) is 3.81. The van der Waals surface area contributed by atoms with Gasteiger partial charge in [0.25, 0.3) is 5.91 Å². The maximum absolute atomic E-state index is 12.6. The Bertz CT molecular complexity index is 441. The molecule has 0 radical (unpaired) electrons. The van der Waals surface area contributed by atoms with Crippen LogP contribution in [0.2, 0.25) is 0 Å². The van der Waals surface area contributed by atoms with Gasteiger partial charge in [0, 0.05) is 24.3 Å². The number of aryl methyl sites for hydroxylation is 1. The molecule has 1 aromatic heterocycles. The van der Waals surface area contributed by atoms with Crippen LogP contribution in [0, 0.1) is 5.92 Å². The highest BCUT2D eigenvalue weighted by Gasteiger charge is 2.18. The number of amides is 1. The lowest BCUT2D eigenvalue weighted by Crippen LogP contribution is -2.35. The average Bonchev–Trinajstić information content (AvgIpc) is 2.47. The number of pyridine rings is 1. The summed E-state index contributed by atoms with van der Waals surface area (Å²) < 4.78 is 0. The zero-order valence-corrected chi connectivity index (χ0v) is 13.1. The summed E-state index contributed by atoms with van der Waals surface area (Å²) in [7, 11) is 0. The fraction of sp³-hybridized carbons (Fsp3) is 0.625. The highest BCUT2D eigenvalue weighted by molar-refractivity contribution is 5.95. The molecule has 0 aliphatic rings. The Hall–Kier alpha value is -1.58. The molecule has 0 atom stereocenters. The topological polar surface area (TPSA) is 59.2 Å². The minimum atomic E-state index is 0.0585. The molecule has 0 aliphatic carbocycles. The molecule has 0 saturated heterocycles. The zero-order valence-electron chi connectivity index (χ0n) is 13.1. The molecule has 0 aromatic carbocycles. The van der Waals surface area contributed by atoms with Gasteiger partial charge in [0.15, 0.2) is 0 Å². The van der Waals surface area contributed by atoms with Gasteiger partial charge in [0.2, 0.25) is 0 Å². The summed E-state index contributed by atoms with van der Waals surface area (Å²) in [6, 6.07) is 3.53. The van der Waals surface area contributed by atoms with E-state index < -0.39 is 0 Å². The molecular formula is C16H27N3O. The molecule has 1 rings (SSSR count). The van der Waals surface area contributed by atoms with Crippen LogP contribution in [0.25, 0.3) is 0 Å². The van der Waals surface area contributed by atoms with Crippen LogP contribution in [0.5, 0.6) is 0 Å². The van der Waals surface area contributed by atoms with Gasteiger partial charge in [-0.05, 0) is 31.4 Å². The standard InChI is InChI=1S/C16H27N3O/c1-5-12(6-2)11-19(8-4)16(20)13-9-14(7-3)18-15(17)10-13/h9-10,12H,5-8,11H2,1-4H3,(H2,17,18). The Balaban J connectivity index is 2.93. The van der Waals surface area contributed by atoms with E-state index in [2.05, 4.69) is 18.8 Å². The SMILES string of the molecule is CCc1cc(C(=O)N(CC)CC(CC)CC)cc(N)n1. The number of hydrogen-bond donors (Lipinski definition) is 1. The normalized spacial score (nSPS) is 10.8. The van der Waals surface area contributed by atoms with Crippen molar-refractivity contribution in [3.63, 3.8) is 0 Å². The maximum atomic E-state index is 12.6. The van der Waals surface area contributed by atoms with E-state index >= 15 is 0 Å². The van der Waals surface area contributed by atoms with Gasteiger partial charge in [0.05, 0.1) is 0 Å². The summed E-state index contributed by atoms with van der Waals surface area (Å²) in [5.41, 5.74) is 7.31. The van der Waals surface area contributed by atoms with Gasteiger partial charge >= 0.3 is 0 Å². The van der Waals surface area contributed by atoms with E-state index in [1.54, 1.807) is 6.07 Å². The molecule has 1 heterocycles. The second-order valence-electron chi connectivity index (χ2n) is 5.15. The van der Waals surface area contributed by atoms with E-state index in [9.17, 15) is 4.79 Å². The van der Waals surface area contributed by atoms with Crippen LogP contribution in [0.15, 0.2) is 12.1 Å². The number of anilines is 1. The van der Waals surface area contributed by atoms with E-state index in [1.807, 2.05) is 24.8 Å². The Morgan fingerprint density at radius 2 is 1.90 bits per heavy atom. The van der Waals surface area contributed by atoms with E-state index in [4.69, 9.17) is 5.73 Å². The highest BCUT2D eigenvalue weighted by atomic mass is 16.2. The lowest BCUT2D eigenvalue weighted by molar-refractivity contribution is 0.0734. The maximum Gasteiger partial charge on any atom is 0.254 e. The van der Waals surface area contributed by atoms with Crippen molar-refractivity contribution in [2.75, 3.05) is 18.8 Å². The van der Waals surface area contributed by atoms with Crippen LogP contribution >= 0.6 is 0 Å². The molecule has 0 fully saturated rings. The van der Waals surface area contributed by atoms with Crippen LogP contribution in [-0.2, 0) is 6.42 Å². The van der Waals surface area contributed by atoms with Crippen LogP contribution in [0.1, 0.15) is 56.6 Å². The molecule has 20 heavy (non-hydrogen) atoms. The molecule has 0 spiro atoms. The summed E-state index contributed by atoms with van der Waals surface area (Å²) >= 11 is 0. The Kier molecular flexibility index (Phi) is 6.49. The van der Waals surface area contributed by atoms with Crippen molar-refractivity contribution >= 4 is 11.7 Å². The second kappa shape index (κ2) is 7.88. The Labute approximate surface area is 122 Å². The number of nitrogens with two attached hydrogens (primary N) is 1. The minimum Gasteiger partial charge on any atom is -0.384 e. The number of aromatic nitrogens is 1. The molecule has 1 aromatic rings. The molecule has 112 valence electrons. The molecule has 0 saturated carbocycles. The van der Waals surface area contributed by atoms with Crippen LogP contribution < -0.4 is 5.73 Å². The third kappa shape index (κ3) is 4.22. The van der Waals surface area contributed by atoms with Gasteiger partial charge in [-0.3, -0.25) is 4.79 Å². The number of nitrogen functional groups attached to an aromatic ring is 1. The summed E-state index contributed by atoms with van der Waals surface area (Å²) in [6.45, 7) is 9.91. The Morgan fingerprint density at radius 3 is 2.40 bits per heavy atom. The van der Waals surface area contributed by atoms with E-state index in [0.29, 0.717) is 17.3 Å². The van der Waals surface area contributed by atoms with Crippen molar-refractivity contribution in [2.45, 2.75) is 47.0 Å². The van der Waals surface area contributed by atoms with Gasteiger partial charge < -0.3 is 10.6 Å². The minimum absolute atomic E-state index is 0.0585. The first-order valence-corrected chi connectivity index (χ1v) is 7.61. The van der Waals surface area contributed by atoms with Crippen molar-refractivity contribution in [3.05, 3.63) is 23.4 Å². The van der Waals surface area contributed by atoms with Crippen LogP contribution in [-0.4, -0.2) is 28.9 Å². The lowest BCUT2D eigenvalue weighted by Gasteiger charge is -2.25. The highest BCUT2D eigenvalue weighted by Crippen LogP contribution is 2.15. The van der Waals surface area contributed by atoms with Gasteiger partial charge in [0.1, 0.15) is 5.82 Å². The van der Waals surface area contributed by atoms with Crippen molar-refractivity contribution in [2.24, 2.45) is 5.92 Å². The van der Waals surface area contributed by atoms with Crippen molar-refractivity contribution in [1.29, 1.82) is 0 Å². The lowest BCUT2D eigenvalue weighted by atomic mass is 10.0. The van der Waals surface area contributed by atoms with Gasteiger partial charge in [-0.25, -0.2) is 4.98 Å². The molecule has 2 N–H and O–H groups in total. The van der Waals surface area contributed by atoms with Crippen molar-refractivity contribution in [1.82, 2.24) is 9.88 Å². The molecule has 4 heteroatoms. The molecule has 0 aliphatic heterocycles. The molecule has 1 amide bonds. The monoisotopic (exact) mass is 277 g/mol. The first kappa shape index (κ1) is 16.5. The fourth-order valence-electron chi connectivity index (χ4n) is 2.31. The molecule has 0 bridgehead atoms. The average molecular weight is 277 g/mol. The van der Waals surface area contributed by atoms with Gasteiger partial charge in [-0.2, -0.15) is 0 Å². The summed E-state index contributed by atoms with van der Waals surface area (Å²) in [5, 5.41) is 0. The zero-order chi connectivity index (χ0) is 15.1. The van der Waals surface area contributed by atoms with E-state index in [-0.39, 0.29) is 5.91 Å². The number of hydrogen-bond acceptors (Lipinski definition) is 3. The second-order valence-corrected chi connectivity index (χ2v) is 5.15.